The van der Waals surface area contributed by atoms with E-state index < -0.39 is 6.03 Å². The van der Waals surface area contributed by atoms with Gasteiger partial charge in [-0.25, -0.2) is 4.79 Å². The lowest BCUT2D eigenvalue weighted by molar-refractivity contribution is -0.120. The van der Waals surface area contributed by atoms with Crippen molar-refractivity contribution < 1.29 is 9.59 Å². The quantitative estimate of drug-likeness (QED) is 0.568. The summed E-state index contributed by atoms with van der Waals surface area (Å²) >= 11 is 0. The standard InChI is InChI=1S/C6H10N2O2/c7-6(10)8-5(9)3-4-1-2-4/h4H,1-3H2,(H3,7,8,9,10). The normalized spacial score (nSPS) is 16.4. The second-order valence-electron chi connectivity index (χ2n) is 2.56. The van der Waals surface area contributed by atoms with E-state index in [2.05, 4.69) is 0 Å². The van der Waals surface area contributed by atoms with Gasteiger partial charge in [0.15, 0.2) is 0 Å². The molecule has 1 aliphatic rings. The molecule has 1 aliphatic carbocycles. The molecule has 0 aromatic heterocycles. The maximum absolute atomic E-state index is 10.7. The minimum atomic E-state index is -0.759. The summed E-state index contributed by atoms with van der Waals surface area (Å²) in [5.74, 6) is 0.245. The van der Waals surface area contributed by atoms with Crippen LogP contribution in [0.1, 0.15) is 19.3 Å². The van der Waals surface area contributed by atoms with Crippen molar-refractivity contribution in [3.8, 4) is 0 Å². The molecule has 0 unspecified atom stereocenters. The average molecular weight is 142 g/mol. The minimum Gasteiger partial charge on any atom is -0.351 e. The van der Waals surface area contributed by atoms with E-state index in [1.807, 2.05) is 5.32 Å². The van der Waals surface area contributed by atoms with Crippen molar-refractivity contribution in [2.75, 3.05) is 0 Å². The maximum atomic E-state index is 10.7. The molecule has 1 saturated carbocycles. The van der Waals surface area contributed by atoms with Crippen LogP contribution in [0.5, 0.6) is 0 Å². The van der Waals surface area contributed by atoms with E-state index >= 15 is 0 Å². The molecule has 0 aromatic carbocycles. The number of nitrogens with two attached hydrogens (primary N) is 1. The van der Waals surface area contributed by atoms with E-state index in [0.717, 1.165) is 12.8 Å². The average Bonchev–Trinajstić information content (AvgIpc) is 2.46. The molecule has 56 valence electrons. The van der Waals surface area contributed by atoms with Crippen molar-refractivity contribution in [1.29, 1.82) is 0 Å². The number of amides is 3. The minimum absolute atomic E-state index is 0.255. The highest BCUT2D eigenvalue weighted by Crippen LogP contribution is 2.31. The third kappa shape index (κ3) is 2.48. The van der Waals surface area contributed by atoms with Gasteiger partial charge in [0.05, 0.1) is 0 Å². The Hall–Kier alpha value is -1.06. The van der Waals surface area contributed by atoms with Crippen LogP contribution in [-0.2, 0) is 4.79 Å². The summed E-state index contributed by atoms with van der Waals surface area (Å²) in [4.78, 5) is 20.8. The predicted octanol–water partition coefficient (Wildman–Crippen LogP) is -0.0186. The Morgan fingerprint density at radius 1 is 1.50 bits per heavy atom. The molecule has 3 N–H and O–H groups in total. The van der Waals surface area contributed by atoms with Crippen LogP contribution in [0, 0.1) is 5.92 Å². The van der Waals surface area contributed by atoms with Gasteiger partial charge in [-0.05, 0) is 18.8 Å². The molecule has 1 rings (SSSR count). The Kier molecular flexibility index (Phi) is 1.89. The first-order valence-corrected chi connectivity index (χ1v) is 3.28. The van der Waals surface area contributed by atoms with Crippen LogP contribution in [0.3, 0.4) is 0 Å². The first-order chi connectivity index (χ1) is 4.68. The van der Waals surface area contributed by atoms with E-state index in [9.17, 15) is 9.59 Å². The van der Waals surface area contributed by atoms with Gasteiger partial charge in [-0.2, -0.15) is 0 Å². The largest absolute Gasteiger partial charge is 0.351 e. The lowest BCUT2D eigenvalue weighted by atomic mass is 10.3. The van der Waals surface area contributed by atoms with Gasteiger partial charge in [-0.15, -0.1) is 0 Å². The number of rotatable bonds is 2. The summed E-state index contributed by atoms with van der Waals surface area (Å²) in [7, 11) is 0. The lowest BCUT2D eigenvalue weighted by Crippen LogP contribution is -2.34. The Bertz CT molecular complexity index is 163. The Labute approximate surface area is 58.8 Å². The van der Waals surface area contributed by atoms with Gasteiger partial charge < -0.3 is 5.73 Å². The molecular formula is C6H10N2O2. The summed E-state index contributed by atoms with van der Waals surface area (Å²) in [5.41, 5.74) is 4.72. The SMILES string of the molecule is NC(=O)NC(=O)CC1CC1. The molecule has 0 saturated heterocycles. The highest BCUT2D eigenvalue weighted by atomic mass is 16.2. The molecular weight excluding hydrogens is 132 g/mol. The fourth-order valence-corrected chi connectivity index (χ4v) is 0.773. The smallest absolute Gasteiger partial charge is 0.318 e. The topological polar surface area (TPSA) is 72.2 Å². The number of primary amides is 1. The first-order valence-electron chi connectivity index (χ1n) is 3.28. The van der Waals surface area contributed by atoms with Crippen LogP contribution in [0.25, 0.3) is 0 Å². The predicted molar refractivity (Wildman–Crippen MR) is 35.1 cm³/mol. The summed E-state index contributed by atoms with van der Waals surface area (Å²) < 4.78 is 0. The van der Waals surface area contributed by atoms with Crippen LogP contribution in [0.15, 0.2) is 0 Å². The third-order valence-corrected chi connectivity index (χ3v) is 1.43. The number of nitrogens with one attached hydrogen (secondary N) is 1. The molecule has 1 fully saturated rings. The van der Waals surface area contributed by atoms with Crippen molar-refractivity contribution in [2.24, 2.45) is 11.7 Å². The van der Waals surface area contributed by atoms with Gasteiger partial charge >= 0.3 is 6.03 Å². The second-order valence-corrected chi connectivity index (χ2v) is 2.56. The van der Waals surface area contributed by atoms with Gasteiger partial charge in [0.25, 0.3) is 0 Å². The van der Waals surface area contributed by atoms with E-state index in [4.69, 9.17) is 5.73 Å². The van der Waals surface area contributed by atoms with E-state index in [-0.39, 0.29) is 5.91 Å². The van der Waals surface area contributed by atoms with Crippen molar-refractivity contribution in [1.82, 2.24) is 5.32 Å². The fourth-order valence-electron chi connectivity index (χ4n) is 0.773. The first kappa shape index (κ1) is 7.05. The molecule has 10 heavy (non-hydrogen) atoms. The molecule has 0 aromatic rings. The number of carbonyl (C=O) groups is 2. The summed E-state index contributed by atoms with van der Waals surface area (Å²) in [6.45, 7) is 0. The maximum Gasteiger partial charge on any atom is 0.318 e. The Morgan fingerprint density at radius 2 is 2.10 bits per heavy atom. The van der Waals surface area contributed by atoms with Crippen LogP contribution in [-0.4, -0.2) is 11.9 Å². The van der Waals surface area contributed by atoms with Gasteiger partial charge in [-0.3, -0.25) is 10.1 Å². The molecule has 0 heterocycles. The second kappa shape index (κ2) is 2.68. The van der Waals surface area contributed by atoms with Crippen LogP contribution < -0.4 is 11.1 Å². The number of urea groups is 1. The van der Waals surface area contributed by atoms with E-state index in [1.54, 1.807) is 0 Å². The zero-order valence-corrected chi connectivity index (χ0v) is 5.59. The molecule has 3 amide bonds. The summed E-state index contributed by atoms with van der Waals surface area (Å²) in [5, 5.41) is 2.01. The highest BCUT2D eigenvalue weighted by molar-refractivity contribution is 5.93. The van der Waals surface area contributed by atoms with Gasteiger partial charge in [0.1, 0.15) is 0 Å². The molecule has 0 bridgehead atoms. The van der Waals surface area contributed by atoms with Crippen LogP contribution in [0.4, 0.5) is 4.79 Å². The van der Waals surface area contributed by atoms with Crippen molar-refractivity contribution in [3.05, 3.63) is 0 Å². The zero-order valence-electron chi connectivity index (χ0n) is 5.59. The molecule has 4 heteroatoms. The van der Waals surface area contributed by atoms with Gasteiger partial charge in [-0.1, -0.05) is 0 Å². The summed E-state index contributed by atoms with van der Waals surface area (Å²) in [6, 6.07) is -0.759. The van der Waals surface area contributed by atoms with Gasteiger partial charge in [0.2, 0.25) is 5.91 Å². The number of hydrogen-bond donors (Lipinski definition) is 2. The zero-order chi connectivity index (χ0) is 7.56. The molecule has 0 spiro atoms. The fraction of sp³-hybridized carbons (Fsp3) is 0.667. The van der Waals surface area contributed by atoms with Crippen molar-refractivity contribution in [3.63, 3.8) is 0 Å². The monoisotopic (exact) mass is 142 g/mol. The van der Waals surface area contributed by atoms with Crippen LogP contribution >= 0.6 is 0 Å². The Balaban J connectivity index is 2.14. The third-order valence-electron chi connectivity index (χ3n) is 1.43. The number of imide groups is 1. The van der Waals surface area contributed by atoms with Crippen LogP contribution in [0.2, 0.25) is 0 Å². The molecule has 0 aliphatic heterocycles. The van der Waals surface area contributed by atoms with Crippen molar-refractivity contribution >= 4 is 11.9 Å². The summed E-state index contributed by atoms with van der Waals surface area (Å²) in [6.07, 6.45) is 2.65. The number of carbonyl (C=O) groups excluding carboxylic acids is 2. The van der Waals surface area contributed by atoms with E-state index in [1.165, 1.54) is 0 Å². The molecule has 0 radical (unpaired) electrons. The lowest BCUT2D eigenvalue weighted by Gasteiger charge is -1.96. The van der Waals surface area contributed by atoms with Gasteiger partial charge in [0, 0.05) is 6.42 Å². The Morgan fingerprint density at radius 3 is 2.50 bits per heavy atom. The highest BCUT2D eigenvalue weighted by Gasteiger charge is 2.24. The van der Waals surface area contributed by atoms with E-state index in [0.29, 0.717) is 12.3 Å². The van der Waals surface area contributed by atoms with Crippen molar-refractivity contribution in [2.45, 2.75) is 19.3 Å². The number of hydrogen-bond acceptors (Lipinski definition) is 2. The molecule has 0 atom stereocenters. The molecule has 4 nitrogen and oxygen atoms in total.